The molecule has 21 heavy (non-hydrogen) atoms. The fourth-order valence-corrected chi connectivity index (χ4v) is 3.58. The summed E-state index contributed by atoms with van der Waals surface area (Å²) >= 11 is 0. The first-order chi connectivity index (χ1) is 10.1. The maximum Gasteiger partial charge on any atom is 0.224 e. The highest BCUT2D eigenvalue weighted by Crippen LogP contribution is 2.37. The van der Waals surface area contributed by atoms with Crippen molar-refractivity contribution in [1.29, 1.82) is 0 Å². The van der Waals surface area contributed by atoms with Gasteiger partial charge in [0.1, 0.15) is 5.54 Å². The zero-order chi connectivity index (χ0) is 14.9. The van der Waals surface area contributed by atoms with Gasteiger partial charge in [0.2, 0.25) is 11.8 Å². The Morgan fingerprint density at radius 3 is 2.81 bits per heavy atom. The maximum absolute atomic E-state index is 12.7. The third-order valence-corrected chi connectivity index (χ3v) is 4.77. The molecule has 6 heteroatoms. The molecule has 1 aromatic heterocycles. The number of carbonyl (C=O) groups excluding carboxylic acids is 1. The van der Waals surface area contributed by atoms with Gasteiger partial charge in [0, 0.05) is 18.9 Å². The lowest BCUT2D eigenvalue weighted by atomic mass is 9.89. The van der Waals surface area contributed by atoms with Gasteiger partial charge >= 0.3 is 0 Å². The molecule has 1 aliphatic heterocycles. The lowest BCUT2D eigenvalue weighted by molar-refractivity contribution is -0.128. The first kappa shape index (κ1) is 14.5. The Morgan fingerprint density at radius 2 is 2.19 bits per heavy atom. The number of piperidine rings is 1. The molecular weight excluding hydrogens is 268 g/mol. The molecule has 1 saturated carbocycles. The van der Waals surface area contributed by atoms with Gasteiger partial charge in [-0.25, -0.2) is 0 Å². The summed E-state index contributed by atoms with van der Waals surface area (Å²) in [5, 5.41) is 10.7. The summed E-state index contributed by atoms with van der Waals surface area (Å²) in [6, 6.07) is 0.404. The van der Waals surface area contributed by atoms with E-state index in [0.29, 0.717) is 17.8 Å². The van der Waals surface area contributed by atoms with Gasteiger partial charge in [0.25, 0.3) is 0 Å². The number of aromatic nitrogens is 2. The van der Waals surface area contributed by atoms with E-state index >= 15 is 0 Å². The molecular formula is C15H24N4O2. The fraction of sp³-hybridized carbons (Fsp3) is 0.800. The van der Waals surface area contributed by atoms with Crippen LogP contribution in [-0.4, -0.2) is 28.6 Å². The minimum absolute atomic E-state index is 0.0896. The van der Waals surface area contributed by atoms with E-state index in [9.17, 15) is 4.79 Å². The van der Waals surface area contributed by atoms with Crippen molar-refractivity contribution in [3.63, 3.8) is 0 Å². The van der Waals surface area contributed by atoms with Crippen LogP contribution in [0, 0.1) is 12.8 Å². The van der Waals surface area contributed by atoms with Gasteiger partial charge in [0.15, 0.2) is 5.82 Å². The highest BCUT2D eigenvalue weighted by Gasteiger charge is 2.42. The first-order valence-corrected chi connectivity index (χ1v) is 7.95. The molecule has 2 N–H and O–H groups in total. The summed E-state index contributed by atoms with van der Waals surface area (Å²) in [6.07, 6.45) is 5.79. The Bertz CT molecular complexity index is 508. The first-order valence-electron chi connectivity index (χ1n) is 7.95. The highest BCUT2D eigenvalue weighted by atomic mass is 16.5. The van der Waals surface area contributed by atoms with Crippen molar-refractivity contribution in [3.8, 4) is 0 Å². The van der Waals surface area contributed by atoms with Crippen LogP contribution in [0.3, 0.4) is 0 Å². The van der Waals surface area contributed by atoms with Crippen LogP contribution >= 0.6 is 0 Å². The van der Waals surface area contributed by atoms with Crippen molar-refractivity contribution in [1.82, 2.24) is 20.8 Å². The highest BCUT2D eigenvalue weighted by molar-refractivity contribution is 5.79. The van der Waals surface area contributed by atoms with E-state index in [-0.39, 0.29) is 11.8 Å². The molecule has 0 unspecified atom stereocenters. The Labute approximate surface area is 125 Å². The van der Waals surface area contributed by atoms with E-state index in [1.165, 1.54) is 0 Å². The van der Waals surface area contributed by atoms with Gasteiger partial charge < -0.3 is 15.2 Å². The number of amides is 1. The van der Waals surface area contributed by atoms with Crippen LogP contribution in [0.15, 0.2) is 4.52 Å². The lowest BCUT2D eigenvalue weighted by Crippen LogP contribution is -2.50. The molecule has 0 bridgehead atoms. The number of nitrogens with one attached hydrogen (secondary N) is 2. The molecule has 1 aromatic rings. The quantitative estimate of drug-likeness (QED) is 0.885. The Balaban J connectivity index is 1.75. The van der Waals surface area contributed by atoms with Gasteiger partial charge in [-0.3, -0.25) is 4.79 Å². The van der Waals surface area contributed by atoms with E-state index in [4.69, 9.17) is 4.52 Å². The molecule has 116 valence electrons. The number of aryl methyl sites for hydroxylation is 1. The van der Waals surface area contributed by atoms with Crippen LogP contribution in [-0.2, 0) is 10.3 Å². The zero-order valence-corrected chi connectivity index (χ0v) is 12.8. The summed E-state index contributed by atoms with van der Waals surface area (Å²) in [5.74, 6) is 1.44. The van der Waals surface area contributed by atoms with Crippen molar-refractivity contribution >= 4 is 5.91 Å². The second-order valence-electron chi connectivity index (χ2n) is 6.49. The second kappa shape index (κ2) is 5.75. The van der Waals surface area contributed by atoms with Crippen LogP contribution in [0.4, 0.5) is 0 Å². The molecule has 0 spiro atoms. The molecule has 1 saturated heterocycles. The van der Waals surface area contributed by atoms with Gasteiger partial charge in [-0.1, -0.05) is 18.0 Å². The van der Waals surface area contributed by atoms with Gasteiger partial charge in [0.05, 0.1) is 0 Å². The van der Waals surface area contributed by atoms with Crippen molar-refractivity contribution in [2.45, 2.75) is 64.0 Å². The number of hydrogen-bond acceptors (Lipinski definition) is 5. The molecule has 0 aromatic carbocycles. The van der Waals surface area contributed by atoms with Crippen molar-refractivity contribution in [2.24, 2.45) is 5.92 Å². The summed E-state index contributed by atoms with van der Waals surface area (Å²) in [6.45, 7) is 4.83. The summed E-state index contributed by atoms with van der Waals surface area (Å²) in [7, 11) is 0. The molecule has 2 heterocycles. The van der Waals surface area contributed by atoms with E-state index in [2.05, 4.69) is 27.7 Å². The van der Waals surface area contributed by atoms with Crippen molar-refractivity contribution in [2.75, 3.05) is 6.54 Å². The number of nitrogens with zero attached hydrogens (tertiary/aromatic N) is 2. The Morgan fingerprint density at radius 1 is 1.43 bits per heavy atom. The molecule has 6 nitrogen and oxygen atoms in total. The van der Waals surface area contributed by atoms with Gasteiger partial charge in [-0.2, -0.15) is 4.98 Å². The Hall–Kier alpha value is -1.43. The van der Waals surface area contributed by atoms with Crippen LogP contribution in [0.2, 0.25) is 0 Å². The van der Waals surface area contributed by atoms with Crippen molar-refractivity contribution < 1.29 is 9.32 Å². The lowest BCUT2D eigenvalue weighted by Gasteiger charge is -2.32. The number of hydrogen-bond donors (Lipinski definition) is 2. The minimum atomic E-state index is -0.414. The molecule has 2 atom stereocenters. The topological polar surface area (TPSA) is 80.0 Å². The summed E-state index contributed by atoms with van der Waals surface area (Å²) in [4.78, 5) is 17.0. The summed E-state index contributed by atoms with van der Waals surface area (Å²) in [5.41, 5.74) is -0.414. The smallest absolute Gasteiger partial charge is 0.224 e. The molecule has 1 aliphatic carbocycles. The standard InChI is InChI=1S/C15H24N4O2/c1-10-9-12(5-8-16-10)13(20)18-15(6-3-4-7-15)14-17-11(2)21-19-14/h10,12,16H,3-9H2,1-2H3,(H,18,20)/t10-,12-/m0/s1. The SMILES string of the molecule is Cc1nc(C2(NC(=O)[C@H]3CCN[C@@H](C)C3)CCCC2)no1. The van der Waals surface area contributed by atoms with Crippen LogP contribution < -0.4 is 10.6 Å². The predicted octanol–water partition coefficient (Wildman–Crippen LogP) is 1.65. The molecule has 3 rings (SSSR count). The van der Waals surface area contributed by atoms with E-state index in [1.54, 1.807) is 6.92 Å². The molecule has 2 aliphatic rings. The largest absolute Gasteiger partial charge is 0.343 e. The van der Waals surface area contributed by atoms with Crippen LogP contribution in [0.5, 0.6) is 0 Å². The zero-order valence-electron chi connectivity index (χ0n) is 12.8. The average Bonchev–Trinajstić information content (AvgIpc) is 3.09. The monoisotopic (exact) mass is 292 g/mol. The number of rotatable bonds is 3. The number of carbonyl (C=O) groups is 1. The van der Waals surface area contributed by atoms with Gasteiger partial charge in [-0.05, 0) is 39.2 Å². The fourth-order valence-electron chi connectivity index (χ4n) is 3.58. The maximum atomic E-state index is 12.7. The predicted molar refractivity (Wildman–Crippen MR) is 77.5 cm³/mol. The third kappa shape index (κ3) is 2.95. The molecule has 2 fully saturated rings. The van der Waals surface area contributed by atoms with E-state index in [1.807, 2.05) is 0 Å². The average molecular weight is 292 g/mol. The van der Waals surface area contributed by atoms with Gasteiger partial charge in [-0.15, -0.1) is 0 Å². The van der Waals surface area contributed by atoms with E-state index in [0.717, 1.165) is 45.1 Å². The van der Waals surface area contributed by atoms with Crippen LogP contribution in [0.1, 0.15) is 57.2 Å². The Kier molecular flexibility index (Phi) is 3.97. The molecule has 1 amide bonds. The van der Waals surface area contributed by atoms with E-state index < -0.39 is 5.54 Å². The normalized spacial score (nSPS) is 28.5. The minimum Gasteiger partial charge on any atom is -0.343 e. The van der Waals surface area contributed by atoms with Crippen molar-refractivity contribution in [3.05, 3.63) is 11.7 Å². The molecule has 0 radical (unpaired) electrons. The third-order valence-electron chi connectivity index (χ3n) is 4.77. The second-order valence-corrected chi connectivity index (χ2v) is 6.49. The summed E-state index contributed by atoms with van der Waals surface area (Å²) < 4.78 is 5.12. The van der Waals surface area contributed by atoms with Crippen LogP contribution in [0.25, 0.3) is 0 Å².